The van der Waals surface area contributed by atoms with Gasteiger partial charge in [0.25, 0.3) is 5.91 Å². The number of primary amides is 1. The molecule has 4 atom stereocenters. The topological polar surface area (TPSA) is 119 Å². The number of nitrogens with two attached hydrogens (primary N) is 1. The summed E-state index contributed by atoms with van der Waals surface area (Å²) in [6.07, 6.45) is 0. The van der Waals surface area contributed by atoms with Gasteiger partial charge >= 0.3 is 0 Å². The predicted octanol–water partition coefficient (Wildman–Crippen LogP) is 2.56. The van der Waals surface area contributed by atoms with E-state index in [1.54, 1.807) is 78.9 Å². The smallest absolute Gasteiger partial charge is 0.255 e. The van der Waals surface area contributed by atoms with Gasteiger partial charge < -0.3 is 20.1 Å². The molecular formula is C28H25N3O6. The third-order valence-electron chi connectivity index (χ3n) is 6.99. The molecule has 5 rings (SSSR count). The average molecular weight is 500 g/mol. The van der Waals surface area contributed by atoms with E-state index in [0.717, 1.165) is 4.90 Å². The number of rotatable bonds is 6. The number of nitrogens with zero attached hydrogens (tertiary/aromatic N) is 2. The number of anilines is 1. The molecule has 2 saturated heterocycles. The summed E-state index contributed by atoms with van der Waals surface area (Å²) in [4.78, 5) is 56.8. The molecular weight excluding hydrogens is 474 g/mol. The van der Waals surface area contributed by atoms with E-state index in [1.807, 2.05) is 0 Å². The van der Waals surface area contributed by atoms with Crippen molar-refractivity contribution < 1.29 is 28.7 Å². The van der Waals surface area contributed by atoms with Crippen molar-refractivity contribution in [2.24, 2.45) is 17.6 Å². The number of imide groups is 1. The SMILES string of the molecule is COc1ccc(C2C3C(=O)N(c4ccccc4)C(=O)C3C(C(N)=O)N2C(=O)c2cccc(OC)c2)cc1. The van der Waals surface area contributed by atoms with Gasteiger partial charge in [0.15, 0.2) is 0 Å². The minimum absolute atomic E-state index is 0.240. The van der Waals surface area contributed by atoms with Crippen LogP contribution in [-0.2, 0) is 14.4 Å². The van der Waals surface area contributed by atoms with E-state index in [-0.39, 0.29) is 5.56 Å². The third kappa shape index (κ3) is 3.88. The van der Waals surface area contributed by atoms with Gasteiger partial charge in [0.1, 0.15) is 17.5 Å². The number of benzene rings is 3. The lowest BCUT2D eigenvalue weighted by molar-refractivity contribution is -0.129. The van der Waals surface area contributed by atoms with Gasteiger partial charge in [-0.05, 0) is 48.0 Å². The van der Waals surface area contributed by atoms with E-state index < -0.39 is 47.5 Å². The molecule has 0 radical (unpaired) electrons. The molecule has 0 saturated carbocycles. The van der Waals surface area contributed by atoms with Crippen molar-refractivity contribution in [2.75, 3.05) is 19.1 Å². The molecule has 0 aromatic heterocycles. The first-order valence-electron chi connectivity index (χ1n) is 11.7. The standard InChI is InChI=1S/C28H25N3O6/c1-36-19-13-11-16(12-14-19)23-21-22(28(35)30(27(21)34)18-8-4-3-5-9-18)24(25(29)32)31(23)26(33)17-7-6-10-20(15-17)37-2/h3-15,21-24H,1-2H3,(H2,29,32). The Morgan fingerprint density at radius 3 is 2.05 bits per heavy atom. The molecule has 3 aromatic carbocycles. The molecule has 0 aliphatic carbocycles. The lowest BCUT2D eigenvalue weighted by atomic mass is 9.86. The quantitative estimate of drug-likeness (QED) is 0.521. The summed E-state index contributed by atoms with van der Waals surface area (Å²) in [5.74, 6) is -3.57. The minimum atomic E-state index is -1.33. The van der Waals surface area contributed by atoms with Gasteiger partial charge in [-0.15, -0.1) is 0 Å². The fourth-order valence-electron chi connectivity index (χ4n) is 5.37. The maximum absolute atomic E-state index is 13.9. The maximum Gasteiger partial charge on any atom is 0.255 e. The van der Waals surface area contributed by atoms with E-state index in [9.17, 15) is 19.2 Å². The first-order valence-corrected chi connectivity index (χ1v) is 11.7. The highest BCUT2D eigenvalue weighted by atomic mass is 16.5. The van der Waals surface area contributed by atoms with Crippen molar-refractivity contribution in [1.82, 2.24) is 4.90 Å². The zero-order chi connectivity index (χ0) is 26.3. The summed E-state index contributed by atoms with van der Waals surface area (Å²) in [5.41, 5.74) is 7.05. The van der Waals surface area contributed by atoms with Gasteiger partial charge in [-0.1, -0.05) is 36.4 Å². The second kappa shape index (κ2) is 9.42. The van der Waals surface area contributed by atoms with Crippen molar-refractivity contribution in [2.45, 2.75) is 12.1 Å². The molecule has 2 aliphatic heterocycles. The van der Waals surface area contributed by atoms with E-state index in [0.29, 0.717) is 22.7 Å². The van der Waals surface area contributed by atoms with Gasteiger partial charge in [0, 0.05) is 5.56 Å². The number of para-hydroxylation sites is 1. The van der Waals surface area contributed by atoms with Crippen LogP contribution in [0.4, 0.5) is 5.69 Å². The number of methoxy groups -OCH3 is 2. The van der Waals surface area contributed by atoms with Crippen molar-refractivity contribution in [1.29, 1.82) is 0 Å². The zero-order valence-corrected chi connectivity index (χ0v) is 20.2. The Bertz CT molecular complexity index is 1370. The molecule has 0 bridgehead atoms. The van der Waals surface area contributed by atoms with Crippen LogP contribution in [0.25, 0.3) is 0 Å². The number of hydrogen-bond donors (Lipinski definition) is 1. The molecule has 9 heteroatoms. The van der Waals surface area contributed by atoms with Crippen LogP contribution in [0.15, 0.2) is 78.9 Å². The van der Waals surface area contributed by atoms with E-state index in [1.165, 1.54) is 19.1 Å². The highest BCUT2D eigenvalue weighted by Gasteiger charge is 2.65. The average Bonchev–Trinajstić information content (AvgIpc) is 3.41. The van der Waals surface area contributed by atoms with Crippen molar-refractivity contribution in [3.05, 3.63) is 90.0 Å². The number of hydrogen-bond acceptors (Lipinski definition) is 6. The monoisotopic (exact) mass is 499 g/mol. The summed E-state index contributed by atoms with van der Waals surface area (Å²) < 4.78 is 10.5. The second-order valence-electron chi connectivity index (χ2n) is 8.91. The van der Waals surface area contributed by atoms with Gasteiger partial charge in [-0.3, -0.25) is 19.2 Å². The molecule has 0 spiro atoms. The van der Waals surface area contributed by atoms with Gasteiger partial charge in [-0.2, -0.15) is 0 Å². The van der Waals surface area contributed by atoms with Crippen LogP contribution >= 0.6 is 0 Å². The molecule has 2 aliphatic rings. The lowest BCUT2D eigenvalue weighted by Gasteiger charge is -2.32. The maximum atomic E-state index is 13.9. The number of amides is 4. The van der Waals surface area contributed by atoms with Crippen molar-refractivity contribution in [3.8, 4) is 11.5 Å². The van der Waals surface area contributed by atoms with Crippen molar-refractivity contribution in [3.63, 3.8) is 0 Å². The number of likely N-dealkylation sites (tertiary alicyclic amines) is 1. The number of ether oxygens (including phenoxy) is 2. The molecule has 3 aromatic rings. The van der Waals surface area contributed by atoms with Crippen LogP contribution < -0.4 is 20.1 Å². The van der Waals surface area contributed by atoms with E-state index in [2.05, 4.69) is 0 Å². The van der Waals surface area contributed by atoms with E-state index >= 15 is 0 Å². The molecule has 2 N–H and O–H groups in total. The van der Waals surface area contributed by atoms with E-state index in [4.69, 9.17) is 15.2 Å². The largest absolute Gasteiger partial charge is 0.497 e. The summed E-state index contributed by atoms with van der Waals surface area (Å²) in [6.45, 7) is 0. The fourth-order valence-corrected chi connectivity index (χ4v) is 5.37. The number of carbonyl (C=O) groups is 4. The molecule has 4 unspecified atom stereocenters. The summed E-state index contributed by atoms with van der Waals surface area (Å²) in [6, 6.07) is 19.6. The first kappa shape index (κ1) is 24.1. The van der Waals surface area contributed by atoms with Crippen LogP contribution in [0, 0.1) is 11.8 Å². The van der Waals surface area contributed by atoms with Crippen LogP contribution in [0.2, 0.25) is 0 Å². The Morgan fingerprint density at radius 2 is 1.43 bits per heavy atom. The molecule has 2 fully saturated rings. The van der Waals surface area contributed by atoms with Crippen LogP contribution in [-0.4, -0.2) is 48.8 Å². The normalized spacial score (nSPS) is 22.6. The summed E-state index contributed by atoms with van der Waals surface area (Å²) >= 11 is 0. The Kier molecular flexibility index (Phi) is 6.12. The van der Waals surface area contributed by atoms with Gasteiger partial charge in [0.05, 0.1) is 37.8 Å². The third-order valence-corrected chi connectivity index (χ3v) is 6.99. The predicted molar refractivity (Wildman–Crippen MR) is 134 cm³/mol. The molecule has 4 amide bonds. The highest BCUT2D eigenvalue weighted by molar-refractivity contribution is 6.24. The Labute approximate surface area is 213 Å². The zero-order valence-electron chi connectivity index (χ0n) is 20.2. The second-order valence-corrected chi connectivity index (χ2v) is 8.91. The Morgan fingerprint density at radius 1 is 0.784 bits per heavy atom. The molecule has 37 heavy (non-hydrogen) atoms. The van der Waals surface area contributed by atoms with Crippen LogP contribution in [0.1, 0.15) is 22.0 Å². The number of carbonyl (C=O) groups excluding carboxylic acids is 4. The van der Waals surface area contributed by atoms with Crippen LogP contribution in [0.3, 0.4) is 0 Å². The molecule has 2 heterocycles. The minimum Gasteiger partial charge on any atom is -0.497 e. The van der Waals surface area contributed by atoms with Crippen LogP contribution in [0.5, 0.6) is 11.5 Å². The summed E-state index contributed by atoms with van der Waals surface area (Å²) in [5, 5.41) is 0. The van der Waals surface area contributed by atoms with Gasteiger partial charge in [-0.25, -0.2) is 4.90 Å². The Balaban J connectivity index is 1.67. The Hall–Kier alpha value is -4.66. The molecule has 188 valence electrons. The highest BCUT2D eigenvalue weighted by Crippen LogP contribution is 2.51. The van der Waals surface area contributed by atoms with Gasteiger partial charge in [0.2, 0.25) is 17.7 Å². The summed E-state index contributed by atoms with van der Waals surface area (Å²) in [7, 11) is 3.00. The molecule has 9 nitrogen and oxygen atoms in total. The fraction of sp³-hybridized carbons (Fsp3) is 0.214. The number of fused-ring (bicyclic) bond motifs is 1. The lowest BCUT2D eigenvalue weighted by Crippen LogP contribution is -2.50. The first-order chi connectivity index (χ1) is 17.9. The van der Waals surface area contributed by atoms with Crippen molar-refractivity contribution >= 4 is 29.3 Å².